The van der Waals surface area contributed by atoms with E-state index in [1.165, 1.54) is 0 Å². The molecule has 0 aromatic heterocycles. The highest BCUT2D eigenvalue weighted by Gasteiger charge is 2.26. The monoisotopic (exact) mass is 268 g/mol. The summed E-state index contributed by atoms with van der Waals surface area (Å²) in [7, 11) is -3.01. The van der Waals surface area contributed by atoms with Crippen molar-refractivity contribution in [3.05, 3.63) is 29.8 Å². The SMILES string of the molecule is Nc1cccc(C(=O)NC2CCCS(=O)(=O)C2)c1. The molecular weight excluding hydrogens is 252 g/mol. The summed E-state index contributed by atoms with van der Waals surface area (Å²) in [5, 5.41) is 2.74. The molecule has 0 spiro atoms. The van der Waals surface area contributed by atoms with Gasteiger partial charge in [0.05, 0.1) is 11.5 Å². The fourth-order valence-corrected chi connectivity index (χ4v) is 3.72. The normalized spacial score (nSPS) is 22.3. The van der Waals surface area contributed by atoms with E-state index in [9.17, 15) is 13.2 Å². The number of rotatable bonds is 2. The number of sulfone groups is 1. The van der Waals surface area contributed by atoms with Gasteiger partial charge < -0.3 is 11.1 Å². The molecule has 1 fully saturated rings. The maximum absolute atomic E-state index is 11.9. The van der Waals surface area contributed by atoms with Crippen molar-refractivity contribution in [1.82, 2.24) is 5.32 Å². The molecule has 2 rings (SSSR count). The summed E-state index contributed by atoms with van der Waals surface area (Å²) in [6.07, 6.45) is 1.30. The number of carbonyl (C=O) groups is 1. The number of amides is 1. The van der Waals surface area contributed by atoms with E-state index in [0.717, 1.165) is 0 Å². The van der Waals surface area contributed by atoms with Crippen molar-refractivity contribution in [2.24, 2.45) is 0 Å². The molecule has 1 saturated heterocycles. The van der Waals surface area contributed by atoms with Crippen LogP contribution < -0.4 is 11.1 Å². The van der Waals surface area contributed by atoms with Crippen molar-refractivity contribution in [1.29, 1.82) is 0 Å². The molecule has 0 radical (unpaired) electrons. The molecule has 3 N–H and O–H groups in total. The fraction of sp³-hybridized carbons (Fsp3) is 0.417. The third-order valence-corrected chi connectivity index (χ3v) is 4.77. The zero-order valence-electron chi connectivity index (χ0n) is 9.93. The second-order valence-corrected chi connectivity index (χ2v) is 6.78. The van der Waals surface area contributed by atoms with Crippen molar-refractivity contribution < 1.29 is 13.2 Å². The average Bonchev–Trinajstić information content (AvgIpc) is 2.27. The van der Waals surface area contributed by atoms with E-state index in [2.05, 4.69) is 5.32 Å². The van der Waals surface area contributed by atoms with E-state index >= 15 is 0 Å². The van der Waals surface area contributed by atoms with Gasteiger partial charge in [-0.05, 0) is 31.0 Å². The number of nitrogens with two attached hydrogens (primary N) is 1. The maximum Gasteiger partial charge on any atom is 0.251 e. The molecular formula is C12H16N2O3S. The Balaban J connectivity index is 2.03. The molecule has 1 aliphatic rings. The quantitative estimate of drug-likeness (QED) is 0.768. The van der Waals surface area contributed by atoms with Gasteiger partial charge in [-0.25, -0.2) is 8.42 Å². The van der Waals surface area contributed by atoms with Gasteiger partial charge in [0.25, 0.3) is 5.91 Å². The third-order valence-electron chi connectivity index (χ3n) is 2.95. The van der Waals surface area contributed by atoms with Crippen molar-refractivity contribution in [2.45, 2.75) is 18.9 Å². The van der Waals surface area contributed by atoms with Gasteiger partial charge in [0, 0.05) is 17.3 Å². The van der Waals surface area contributed by atoms with Crippen LogP contribution in [0.1, 0.15) is 23.2 Å². The highest BCUT2D eigenvalue weighted by Crippen LogP contribution is 2.13. The van der Waals surface area contributed by atoms with Crippen molar-refractivity contribution in [2.75, 3.05) is 17.2 Å². The van der Waals surface area contributed by atoms with Crippen LogP contribution in [0.3, 0.4) is 0 Å². The first-order valence-corrected chi connectivity index (χ1v) is 7.65. The molecule has 6 heteroatoms. The Morgan fingerprint density at radius 1 is 1.39 bits per heavy atom. The summed E-state index contributed by atoms with van der Waals surface area (Å²) in [6, 6.07) is 6.33. The van der Waals surface area contributed by atoms with E-state index in [4.69, 9.17) is 5.73 Å². The summed E-state index contributed by atoms with van der Waals surface area (Å²) < 4.78 is 22.9. The summed E-state index contributed by atoms with van der Waals surface area (Å²) in [5.41, 5.74) is 6.57. The molecule has 18 heavy (non-hydrogen) atoms. The Morgan fingerprint density at radius 3 is 2.83 bits per heavy atom. The van der Waals surface area contributed by atoms with Crippen LogP contribution in [-0.2, 0) is 9.84 Å². The standard InChI is InChI=1S/C12H16N2O3S/c13-10-4-1-3-9(7-10)12(15)14-11-5-2-6-18(16,17)8-11/h1,3-4,7,11H,2,5-6,8,13H2,(H,14,15). The largest absolute Gasteiger partial charge is 0.399 e. The summed E-state index contributed by atoms with van der Waals surface area (Å²) in [5.74, 6) is -0.0250. The first-order valence-electron chi connectivity index (χ1n) is 5.83. The van der Waals surface area contributed by atoms with Gasteiger partial charge in [-0.2, -0.15) is 0 Å². The van der Waals surface area contributed by atoms with Crippen LogP contribution in [0.25, 0.3) is 0 Å². The topological polar surface area (TPSA) is 89.3 Å². The summed E-state index contributed by atoms with van der Waals surface area (Å²) in [4.78, 5) is 11.9. The van der Waals surface area contributed by atoms with E-state index < -0.39 is 9.84 Å². The Kier molecular flexibility index (Phi) is 3.56. The minimum absolute atomic E-state index is 0.0288. The molecule has 0 bridgehead atoms. The van der Waals surface area contributed by atoms with Gasteiger partial charge in [-0.1, -0.05) is 6.07 Å². The lowest BCUT2D eigenvalue weighted by molar-refractivity contribution is 0.0938. The minimum Gasteiger partial charge on any atom is -0.399 e. The first kappa shape index (κ1) is 12.9. The van der Waals surface area contributed by atoms with E-state index in [1.807, 2.05) is 0 Å². The molecule has 1 heterocycles. The first-order chi connectivity index (χ1) is 8.46. The van der Waals surface area contributed by atoms with Crippen LogP contribution in [0.2, 0.25) is 0 Å². The number of nitrogens with one attached hydrogen (secondary N) is 1. The molecule has 5 nitrogen and oxygen atoms in total. The predicted octanol–water partition coefficient (Wildman–Crippen LogP) is 0.576. The summed E-state index contributed by atoms with van der Waals surface area (Å²) in [6.45, 7) is 0. The van der Waals surface area contributed by atoms with Gasteiger partial charge >= 0.3 is 0 Å². The van der Waals surface area contributed by atoms with Gasteiger partial charge in [0.15, 0.2) is 9.84 Å². The Bertz CT molecular complexity index is 554. The number of nitrogen functional groups attached to an aromatic ring is 1. The summed E-state index contributed by atoms with van der Waals surface area (Å²) >= 11 is 0. The van der Waals surface area contributed by atoms with Gasteiger partial charge in [-0.3, -0.25) is 4.79 Å². The van der Waals surface area contributed by atoms with Crippen LogP contribution in [0.4, 0.5) is 5.69 Å². The molecule has 1 amide bonds. The van der Waals surface area contributed by atoms with Crippen LogP contribution in [0, 0.1) is 0 Å². The van der Waals surface area contributed by atoms with Crippen molar-refractivity contribution in [3.63, 3.8) is 0 Å². The van der Waals surface area contributed by atoms with Gasteiger partial charge in [0.2, 0.25) is 0 Å². The highest BCUT2D eigenvalue weighted by molar-refractivity contribution is 7.91. The Morgan fingerprint density at radius 2 is 2.17 bits per heavy atom. The third kappa shape index (κ3) is 3.22. The molecule has 1 aromatic carbocycles. The number of anilines is 1. The van der Waals surface area contributed by atoms with E-state index in [-0.39, 0.29) is 23.5 Å². The predicted molar refractivity (Wildman–Crippen MR) is 70.0 cm³/mol. The fourth-order valence-electron chi connectivity index (χ4n) is 2.09. The maximum atomic E-state index is 11.9. The smallest absolute Gasteiger partial charge is 0.251 e. The van der Waals surface area contributed by atoms with Crippen LogP contribution in [0.5, 0.6) is 0 Å². The van der Waals surface area contributed by atoms with Crippen LogP contribution >= 0.6 is 0 Å². The van der Waals surface area contributed by atoms with Gasteiger partial charge in [0.1, 0.15) is 0 Å². The lowest BCUT2D eigenvalue weighted by Gasteiger charge is -2.23. The number of benzene rings is 1. The second-order valence-electron chi connectivity index (χ2n) is 4.55. The van der Waals surface area contributed by atoms with Gasteiger partial charge in [-0.15, -0.1) is 0 Å². The highest BCUT2D eigenvalue weighted by atomic mass is 32.2. The van der Waals surface area contributed by atoms with E-state index in [1.54, 1.807) is 24.3 Å². The molecule has 98 valence electrons. The number of hydrogen-bond acceptors (Lipinski definition) is 4. The lowest BCUT2D eigenvalue weighted by Crippen LogP contribution is -2.43. The lowest BCUT2D eigenvalue weighted by atomic mass is 10.1. The van der Waals surface area contributed by atoms with Crippen LogP contribution in [-0.4, -0.2) is 31.9 Å². The zero-order chi connectivity index (χ0) is 13.2. The minimum atomic E-state index is -3.01. The molecule has 1 atom stereocenters. The number of carbonyl (C=O) groups excluding carboxylic acids is 1. The molecule has 1 unspecified atom stereocenters. The molecule has 1 aliphatic heterocycles. The molecule has 0 aliphatic carbocycles. The number of hydrogen-bond donors (Lipinski definition) is 2. The second kappa shape index (κ2) is 4.97. The van der Waals surface area contributed by atoms with Crippen LogP contribution in [0.15, 0.2) is 24.3 Å². The zero-order valence-corrected chi connectivity index (χ0v) is 10.7. The molecule has 0 saturated carbocycles. The van der Waals surface area contributed by atoms with Crippen molar-refractivity contribution >= 4 is 21.4 Å². The van der Waals surface area contributed by atoms with Crippen molar-refractivity contribution in [3.8, 4) is 0 Å². The average molecular weight is 268 g/mol. The Labute approximate surface area is 106 Å². The van der Waals surface area contributed by atoms with E-state index in [0.29, 0.717) is 24.1 Å². The Hall–Kier alpha value is -1.56. The molecule has 1 aromatic rings.